The normalized spacial score (nSPS) is 34.6. The standard InChI is InChI=1S/C20H26O2S/c1-22-18-4-2-3-14(8-18)12-23-13-19(21)20-9-15-5-16(10-20)7-17(6-15)11-20/h2-4,8,15-17H,5-7,9-13H2,1H3. The Morgan fingerprint density at radius 2 is 1.83 bits per heavy atom. The third-order valence-corrected chi connectivity index (χ3v) is 7.27. The highest BCUT2D eigenvalue weighted by atomic mass is 32.2. The maximum atomic E-state index is 13.0. The summed E-state index contributed by atoms with van der Waals surface area (Å²) < 4.78 is 5.27. The summed E-state index contributed by atoms with van der Waals surface area (Å²) in [6, 6.07) is 8.18. The molecule has 0 aromatic heterocycles. The number of carbonyl (C=O) groups is 1. The highest BCUT2D eigenvalue weighted by molar-refractivity contribution is 7.99. The molecule has 124 valence electrons. The molecule has 2 nitrogen and oxygen atoms in total. The molecule has 0 unspecified atom stereocenters. The highest BCUT2D eigenvalue weighted by Gasteiger charge is 2.53. The Hall–Kier alpha value is -0.960. The molecule has 4 saturated carbocycles. The van der Waals surface area contributed by atoms with Gasteiger partial charge < -0.3 is 4.74 Å². The van der Waals surface area contributed by atoms with Gasteiger partial charge in [0.25, 0.3) is 0 Å². The molecule has 0 radical (unpaired) electrons. The van der Waals surface area contributed by atoms with Crippen LogP contribution in [-0.2, 0) is 10.5 Å². The molecule has 0 N–H and O–H groups in total. The average Bonchev–Trinajstić information content (AvgIpc) is 2.53. The lowest BCUT2D eigenvalue weighted by atomic mass is 9.48. The van der Waals surface area contributed by atoms with Gasteiger partial charge in [-0.1, -0.05) is 12.1 Å². The molecule has 0 amide bonds. The van der Waals surface area contributed by atoms with Crippen LogP contribution in [0.2, 0.25) is 0 Å². The number of thioether (sulfide) groups is 1. The Balaban J connectivity index is 1.35. The first-order chi connectivity index (χ1) is 11.2. The number of hydrogen-bond acceptors (Lipinski definition) is 3. The molecule has 0 heterocycles. The first-order valence-corrected chi connectivity index (χ1v) is 10.1. The first kappa shape index (κ1) is 15.6. The summed E-state index contributed by atoms with van der Waals surface area (Å²) >= 11 is 1.78. The molecule has 0 atom stereocenters. The van der Waals surface area contributed by atoms with Crippen LogP contribution >= 0.6 is 11.8 Å². The summed E-state index contributed by atoms with van der Waals surface area (Å²) in [4.78, 5) is 13.0. The van der Waals surface area contributed by atoms with Gasteiger partial charge in [-0.3, -0.25) is 4.79 Å². The molecule has 1 aromatic rings. The van der Waals surface area contributed by atoms with Crippen molar-refractivity contribution in [1.82, 2.24) is 0 Å². The second-order valence-electron chi connectivity index (χ2n) is 7.97. The Kier molecular flexibility index (Phi) is 4.17. The van der Waals surface area contributed by atoms with Crippen molar-refractivity contribution in [3.8, 4) is 5.75 Å². The first-order valence-electron chi connectivity index (χ1n) is 8.91. The van der Waals surface area contributed by atoms with Crippen LogP contribution in [0.25, 0.3) is 0 Å². The van der Waals surface area contributed by atoms with Gasteiger partial charge in [0.15, 0.2) is 0 Å². The number of hydrogen-bond donors (Lipinski definition) is 0. The number of ketones is 1. The number of methoxy groups -OCH3 is 1. The Bertz CT molecular complexity index is 560. The zero-order valence-electron chi connectivity index (χ0n) is 13.9. The van der Waals surface area contributed by atoms with Crippen LogP contribution in [0.4, 0.5) is 0 Å². The molecular formula is C20H26O2S. The molecule has 0 spiro atoms. The average molecular weight is 330 g/mol. The van der Waals surface area contributed by atoms with Crippen molar-refractivity contribution in [2.24, 2.45) is 23.2 Å². The van der Waals surface area contributed by atoms with E-state index in [0.717, 1.165) is 29.3 Å². The fraction of sp³-hybridized carbons (Fsp3) is 0.650. The lowest BCUT2D eigenvalue weighted by molar-refractivity contribution is -0.141. The van der Waals surface area contributed by atoms with Gasteiger partial charge in [-0.05, 0) is 74.0 Å². The van der Waals surface area contributed by atoms with Crippen LogP contribution in [0, 0.1) is 23.2 Å². The SMILES string of the molecule is COc1cccc(CSCC(=O)C23CC4CC(CC(C4)C2)C3)c1. The third-order valence-electron chi connectivity index (χ3n) is 6.27. The number of carbonyl (C=O) groups excluding carboxylic acids is 1. The van der Waals surface area contributed by atoms with Crippen molar-refractivity contribution in [3.05, 3.63) is 29.8 Å². The summed E-state index contributed by atoms with van der Waals surface area (Å²) in [7, 11) is 1.70. The summed E-state index contributed by atoms with van der Waals surface area (Å²) in [6.07, 6.45) is 7.79. The topological polar surface area (TPSA) is 26.3 Å². The molecule has 4 aliphatic carbocycles. The summed E-state index contributed by atoms with van der Waals surface area (Å²) in [5.41, 5.74) is 1.31. The zero-order valence-corrected chi connectivity index (χ0v) is 14.7. The van der Waals surface area contributed by atoms with E-state index in [1.807, 2.05) is 12.1 Å². The van der Waals surface area contributed by atoms with Crippen LogP contribution in [0.3, 0.4) is 0 Å². The van der Waals surface area contributed by atoms with Gasteiger partial charge in [0, 0.05) is 11.2 Å². The fourth-order valence-corrected chi connectivity index (χ4v) is 6.64. The largest absolute Gasteiger partial charge is 0.497 e. The fourth-order valence-electron chi connectivity index (χ4n) is 5.63. The Labute approximate surface area is 143 Å². The van der Waals surface area contributed by atoms with Crippen molar-refractivity contribution >= 4 is 17.5 Å². The van der Waals surface area contributed by atoms with Crippen molar-refractivity contribution in [1.29, 1.82) is 0 Å². The Morgan fingerprint density at radius 1 is 1.17 bits per heavy atom. The van der Waals surface area contributed by atoms with Crippen molar-refractivity contribution in [2.45, 2.75) is 44.3 Å². The quantitative estimate of drug-likeness (QED) is 0.755. The molecule has 0 aliphatic heterocycles. The maximum Gasteiger partial charge on any atom is 0.148 e. The molecule has 23 heavy (non-hydrogen) atoms. The zero-order chi connectivity index (χ0) is 15.9. The molecule has 4 aliphatic rings. The molecule has 4 fully saturated rings. The van der Waals surface area contributed by atoms with Gasteiger partial charge in [0.1, 0.15) is 11.5 Å². The molecule has 0 saturated heterocycles. The maximum absolute atomic E-state index is 13.0. The van der Waals surface area contributed by atoms with Gasteiger partial charge >= 0.3 is 0 Å². The summed E-state index contributed by atoms with van der Waals surface area (Å²) in [6.45, 7) is 0. The predicted octanol–water partition coefficient (Wildman–Crippen LogP) is 4.71. The van der Waals surface area contributed by atoms with Crippen molar-refractivity contribution in [2.75, 3.05) is 12.9 Å². The third kappa shape index (κ3) is 3.05. The van der Waals surface area contributed by atoms with Gasteiger partial charge in [-0.25, -0.2) is 0 Å². The van der Waals surface area contributed by atoms with Gasteiger partial charge in [0.05, 0.1) is 12.9 Å². The molecule has 5 rings (SSSR count). The Morgan fingerprint density at radius 3 is 2.43 bits per heavy atom. The van der Waals surface area contributed by atoms with Crippen LogP contribution in [0.5, 0.6) is 5.75 Å². The number of Topliss-reactive ketones (excluding diaryl/α,β-unsaturated/α-hetero) is 1. The summed E-state index contributed by atoms with van der Waals surface area (Å²) in [5, 5.41) is 0. The van der Waals surface area contributed by atoms with Crippen LogP contribution in [-0.4, -0.2) is 18.6 Å². The van der Waals surface area contributed by atoms with Gasteiger partial charge in [-0.15, -0.1) is 11.8 Å². The van der Waals surface area contributed by atoms with Crippen molar-refractivity contribution in [3.63, 3.8) is 0 Å². The molecular weight excluding hydrogens is 304 g/mol. The summed E-state index contributed by atoms with van der Waals surface area (Å²) in [5.74, 6) is 5.59. The van der Waals surface area contributed by atoms with Crippen molar-refractivity contribution < 1.29 is 9.53 Å². The number of rotatable bonds is 6. The van der Waals surface area contributed by atoms with Crippen LogP contribution in [0.15, 0.2) is 24.3 Å². The van der Waals surface area contributed by atoms with Gasteiger partial charge in [-0.2, -0.15) is 0 Å². The van der Waals surface area contributed by atoms with E-state index in [1.165, 1.54) is 44.1 Å². The van der Waals surface area contributed by atoms with E-state index in [1.54, 1.807) is 18.9 Å². The van der Waals surface area contributed by atoms with E-state index in [4.69, 9.17) is 4.74 Å². The minimum atomic E-state index is 0.0656. The smallest absolute Gasteiger partial charge is 0.148 e. The van der Waals surface area contributed by atoms with Crippen LogP contribution < -0.4 is 4.74 Å². The minimum absolute atomic E-state index is 0.0656. The number of benzene rings is 1. The minimum Gasteiger partial charge on any atom is -0.497 e. The molecule has 3 heteroatoms. The lowest BCUT2D eigenvalue weighted by Crippen LogP contribution is -2.50. The van der Waals surface area contributed by atoms with E-state index in [2.05, 4.69) is 12.1 Å². The molecule has 4 bridgehead atoms. The van der Waals surface area contributed by atoms with Gasteiger partial charge in [0.2, 0.25) is 0 Å². The highest BCUT2D eigenvalue weighted by Crippen LogP contribution is 2.60. The van der Waals surface area contributed by atoms with E-state index in [0.29, 0.717) is 11.5 Å². The van der Waals surface area contributed by atoms with E-state index < -0.39 is 0 Å². The second kappa shape index (κ2) is 6.16. The van der Waals surface area contributed by atoms with E-state index in [9.17, 15) is 4.79 Å². The lowest BCUT2D eigenvalue weighted by Gasteiger charge is -2.56. The number of ether oxygens (including phenoxy) is 1. The second-order valence-corrected chi connectivity index (χ2v) is 8.95. The monoisotopic (exact) mass is 330 g/mol. The predicted molar refractivity (Wildman–Crippen MR) is 94.8 cm³/mol. The van der Waals surface area contributed by atoms with E-state index in [-0.39, 0.29) is 5.41 Å². The van der Waals surface area contributed by atoms with E-state index >= 15 is 0 Å². The molecule has 1 aromatic carbocycles. The van der Waals surface area contributed by atoms with Crippen LogP contribution in [0.1, 0.15) is 44.1 Å².